The summed E-state index contributed by atoms with van der Waals surface area (Å²) in [5.41, 5.74) is 1.95. The van der Waals surface area contributed by atoms with Gasteiger partial charge < -0.3 is 18.4 Å². The third kappa shape index (κ3) is 4.63. The summed E-state index contributed by atoms with van der Waals surface area (Å²) in [6, 6.07) is 10.2. The number of aromatic nitrogens is 2. The maximum absolute atomic E-state index is 13.2. The number of unbranched alkanes of at least 4 members (excludes halogenated alkanes) is 1. The molecule has 0 aliphatic heterocycles. The van der Waals surface area contributed by atoms with Gasteiger partial charge in [0, 0.05) is 29.6 Å². The minimum absolute atomic E-state index is 0.200. The zero-order chi connectivity index (χ0) is 25.2. The summed E-state index contributed by atoms with van der Waals surface area (Å²) in [6.07, 6.45) is 1.73. The van der Waals surface area contributed by atoms with Crippen LogP contribution in [-0.2, 0) is 10.0 Å². The van der Waals surface area contributed by atoms with Crippen LogP contribution in [0.3, 0.4) is 0 Å². The summed E-state index contributed by atoms with van der Waals surface area (Å²) in [5.74, 6) is 2.09. The van der Waals surface area contributed by atoms with E-state index in [0.29, 0.717) is 52.7 Å². The van der Waals surface area contributed by atoms with E-state index in [1.165, 1.54) is 4.31 Å². The predicted molar refractivity (Wildman–Crippen MR) is 132 cm³/mol. The topological polar surface area (TPSA) is 108 Å². The van der Waals surface area contributed by atoms with Crippen LogP contribution in [0, 0.1) is 6.92 Å². The first-order valence-corrected chi connectivity index (χ1v) is 12.9. The van der Waals surface area contributed by atoms with E-state index >= 15 is 0 Å². The van der Waals surface area contributed by atoms with E-state index < -0.39 is 10.0 Å². The second-order valence-electron chi connectivity index (χ2n) is 8.06. The van der Waals surface area contributed by atoms with Gasteiger partial charge in [-0.25, -0.2) is 8.42 Å². The number of furan rings is 1. The Hall–Kier alpha value is -3.37. The van der Waals surface area contributed by atoms with E-state index in [1.54, 1.807) is 50.6 Å². The molecule has 9 nitrogen and oxygen atoms in total. The molecule has 0 unspecified atom stereocenters. The van der Waals surface area contributed by atoms with Crippen molar-refractivity contribution in [1.29, 1.82) is 0 Å². The van der Waals surface area contributed by atoms with Crippen LogP contribution in [0.25, 0.3) is 34.0 Å². The smallest absolute Gasteiger partial charge is 0.294 e. The standard InChI is InChI=1S/C25H29N3O6S/c1-6-8-13-28(7-2)35(29,30)18-10-12-20-19(15-18)16(3)23(33-20)25-26-24(27-34-25)17-9-11-21(31-4)22(14-17)32-5/h9-12,14-15H,6-8,13H2,1-5H3. The summed E-state index contributed by atoms with van der Waals surface area (Å²) in [7, 11) is -0.493. The Morgan fingerprint density at radius 2 is 1.80 bits per heavy atom. The molecular weight excluding hydrogens is 470 g/mol. The number of fused-ring (bicyclic) bond motifs is 1. The molecule has 0 amide bonds. The van der Waals surface area contributed by atoms with Gasteiger partial charge in [-0.05, 0) is 49.7 Å². The van der Waals surface area contributed by atoms with E-state index in [0.717, 1.165) is 18.4 Å². The molecule has 0 saturated carbocycles. The number of hydrogen-bond acceptors (Lipinski definition) is 8. The Bertz CT molecular complexity index is 1440. The largest absolute Gasteiger partial charge is 0.493 e. The average molecular weight is 500 g/mol. The summed E-state index contributed by atoms with van der Waals surface area (Å²) in [6.45, 7) is 6.63. The van der Waals surface area contributed by atoms with Gasteiger partial charge in [0.1, 0.15) is 5.58 Å². The van der Waals surface area contributed by atoms with Crippen LogP contribution in [0.15, 0.2) is 50.2 Å². The van der Waals surface area contributed by atoms with E-state index in [1.807, 2.05) is 20.8 Å². The van der Waals surface area contributed by atoms with Gasteiger partial charge >= 0.3 is 0 Å². The van der Waals surface area contributed by atoms with Gasteiger partial charge in [0.2, 0.25) is 15.8 Å². The van der Waals surface area contributed by atoms with Crippen molar-refractivity contribution in [3.05, 3.63) is 42.0 Å². The second kappa shape index (κ2) is 10.1. The van der Waals surface area contributed by atoms with Crippen LogP contribution in [0.2, 0.25) is 0 Å². The van der Waals surface area contributed by atoms with Crippen molar-refractivity contribution in [2.45, 2.75) is 38.5 Å². The van der Waals surface area contributed by atoms with Crippen LogP contribution in [0.4, 0.5) is 0 Å². The summed E-state index contributed by atoms with van der Waals surface area (Å²) in [5, 5.41) is 4.76. The Labute approximate surface area is 204 Å². The lowest BCUT2D eigenvalue weighted by Gasteiger charge is -2.20. The van der Waals surface area contributed by atoms with E-state index in [-0.39, 0.29) is 10.8 Å². The molecular formula is C25H29N3O6S. The molecule has 35 heavy (non-hydrogen) atoms. The van der Waals surface area contributed by atoms with Gasteiger partial charge in [-0.2, -0.15) is 9.29 Å². The summed E-state index contributed by atoms with van der Waals surface area (Å²) in [4.78, 5) is 4.72. The second-order valence-corrected chi connectivity index (χ2v) is 10.00. The van der Waals surface area contributed by atoms with Gasteiger partial charge in [0.05, 0.1) is 19.1 Å². The number of rotatable bonds is 10. The first-order chi connectivity index (χ1) is 16.8. The van der Waals surface area contributed by atoms with Crippen LogP contribution in [0.1, 0.15) is 32.3 Å². The third-order valence-corrected chi connectivity index (χ3v) is 7.89. The summed E-state index contributed by atoms with van der Waals surface area (Å²) >= 11 is 0. The maximum atomic E-state index is 13.2. The Morgan fingerprint density at radius 3 is 2.49 bits per heavy atom. The number of nitrogens with zero attached hydrogens (tertiary/aromatic N) is 3. The molecule has 0 saturated heterocycles. The van der Waals surface area contributed by atoms with Crippen molar-refractivity contribution in [3.63, 3.8) is 0 Å². The minimum atomic E-state index is -3.61. The highest BCUT2D eigenvalue weighted by Gasteiger charge is 2.25. The molecule has 0 aliphatic rings. The Balaban J connectivity index is 1.70. The fourth-order valence-corrected chi connectivity index (χ4v) is 5.42. The molecule has 2 aromatic heterocycles. The first-order valence-electron chi connectivity index (χ1n) is 11.4. The predicted octanol–water partition coefficient (Wildman–Crippen LogP) is 5.29. The van der Waals surface area contributed by atoms with Crippen LogP contribution < -0.4 is 9.47 Å². The molecule has 186 valence electrons. The van der Waals surface area contributed by atoms with Crippen molar-refractivity contribution in [1.82, 2.24) is 14.4 Å². The quantitative estimate of drug-likeness (QED) is 0.290. The molecule has 0 atom stereocenters. The van der Waals surface area contributed by atoms with E-state index in [9.17, 15) is 8.42 Å². The number of ether oxygens (including phenoxy) is 2. The fraction of sp³-hybridized carbons (Fsp3) is 0.360. The Morgan fingerprint density at radius 1 is 1.03 bits per heavy atom. The number of sulfonamides is 1. The maximum Gasteiger partial charge on any atom is 0.294 e. The lowest BCUT2D eigenvalue weighted by atomic mass is 10.1. The highest BCUT2D eigenvalue weighted by molar-refractivity contribution is 7.89. The van der Waals surface area contributed by atoms with E-state index in [2.05, 4.69) is 10.1 Å². The first kappa shape index (κ1) is 24.7. The monoisotopic (exact) mass is 499 g/mol. The lowest BCUT2D eigenvalue weighted by Crippen LogP contribution is -2.31. The molecule has 2 aromatic carbocycles. The molecule has 0 spiro atoms. The van der Waals surface area contributed by atoms with Crippen LogP contribution in [-0.4, -0.2) is 50.2 Å². The molecule has 4 rings (SSSR count). The average Bonchev–Trinajstić information content (AvgIpc) is 3.48. The van der Waals surface area contributed by atoms with Crippen LogP contribution >= 0.6 is 0 Å². The number of aryl methyl sites for hydroxylation is 1. The van der Waals surface area contributed by atoms with Crippen LogP contribution in [0.5, 0.6) is 11.5 Å². The van der Waals surface area contributed by atoms with Gasteiger partial charge in [-0.1, -0.05) is 25.4 Å². The third-order valence-electron chi connectivity index (χ3n) is 5.92. The highest BCUT2D eigenvalue weighted by atomic mass is 32.2. The van der Waals surface area contributed by atoms with Crippen molar-refractivity contribution in [3.8, 4) is 34.5 Å². The number of methoxy groups -OCH3 is 2. The number of hydrogen-bond donors (Lipinski definition) is 0. The fourth-order valence-electron chi connectivity index (χ4n) is 3.90. The molecule has 0 N–H and O–H groups in total. The molecule has 0 radical (unpaired) electrons. The molecule has 2 heterocycles. The van der Waals surface area contributed by atoms with Gasteiger partial charge in [-0.15, -0.1) is 0 Å². The molecule has 10 heteroatoms. The van der Waals surface area contributed by atoms with Gasteiger partial charge in [0.25, 0.3) is 5.89 Å². The van der Waals surface area contributed by atoms with Crippen molar-refractivity contribution in [2.24, 2.45) is 0 Å². The molecule has 4 aromatic rings. The van der Waals surface area contributed by atoms with Crippen molar-refractivity contribution in [2.75, 3.05) is 27.3 Å². The minimum Gasteiger partial charge on any atom is -0.493 e. The van der Waals surface area contributed by atoms with E-state index in [4.69, 9.17) is 18.4 Å². The van der Waals surface area contributed by atoms with Gasteiger partial charge in [-0.3, -0.25) is 0 Å². The zero-order valence-corrected chi connectivity index (χ0v) is 21.3. The van der Waals surface area contributed by atoms with Gasteiger partial charge in [0.15, 0.2) is 17.3 Å². The number of benzene rings is 2. The molecule has 0 fully saturated rings. The van der Waals surface area contributed by atoms with Crippen molar-refractivity contribution >= 4 is 21.0 Å². The highest BCUT2D eigenvalue weighted by Crippen LogP contribution is 2.36. The Kier molecular flexibility index (Phi) is 7.13. The SMILES string of the molecule is CCCCN(CC)S(=O)(=O)c1ccc2oc(-c3nc(-c4ccc(OC)c(OC)c4)no3)c(C)c2c1. The molecule has 0 bridgehead atoms. The van der Waals surface area contributed by atoms with Crippen molar-refractivity contribution < 1.29 is 26.8 Å². The zero-order valence-electron chi connectivity index (χ0n) is 20.5. The summed E-state index contributed by atoms with van der Waals surface area (Å²) < 4.78 is 50.0. The normalized spacial score (nSPS) is 11.9. The molecule has 0 aliphatic carbocycles. The lowest BCUT2D eigenvalue weighted by molar-refractivity contribution is 0.355.